The Morgan fingerprint density at radius 2 is 1.83 bits per heavy atom. The standard InChI is InChI=1S/C18H17Cl2FN2O6S/c1-2-30(27,28)23-14-5-3-4-10(16(14)21)9-29-17-12(19)6-11(7-13(17)20)18(26)22-8-15(24)25/h3-7,23H,2,8-9H2,1H3,(H,22,26)(H,24,25). The van der Waals surface area contributed by atoms with Crippen molar-refractivity contribution in [3.05, 3.63) is 57.3 Å². The first-order valence-corrected chi connectivity index (χ1v) is 10.8. The van der Waals surface area contributed by atoms with Gasteiger partial charge in [0.25, 0.3) is 5.91 Å². The zero-order valence-electron chi connectivity index (χ0n) is 15.5. The lowest BCUT2D eigenvalue weighted by Gasteiger charge is -2.14. The quantitative estimate of drug-likeness (QED) is 0.508. The maximum atomic E-state index is 14.6. The number of nitrogens with one attached hydrogen (secondary N) is 2. The van der Waals surface area contributed by atoms with Crippen LogP contribution in [0.2, 0.25) is 10.0 Å². The Hall–Kier alpha value is -2.56. The first kappa shape index (κ1) is 23.7. The molecule has 0 saturated carbocycles. The fourth-order valence-corrected chi connectivity index (χ4v) is 3.48. The highest BCUT2D eigenvalue weighted by Crippen LogP contribution is 2.35. The largest absolute Gasteiger partial charge is 0.486 e. The second kappa shape index (κ2) is 9.96. The molecule has 0 unspecified atom stereocenters. The summed E-state index contributed by atoms with van der Waals surface area (Å²) in [6, 6.07) is 6.57. The fraction of sp³-hybridized carbons (Fsp3) is 0.222. The molecule has 0 bridgehead atoms. The minimum absolute atomic E-state index is 0.0146. The van der Waals surface area contributed by atoms with Crippen LogP contribution in [0.15, 0.2) is 30.3 Å². The maximum Gasteiger partial charge on any atom is 0.322 e. The number of halogens is 3. The van der Waals surface area contributed by atoms with Crippen LogP contribution < -0.4 is 14.8 Å². The number of amides is 1. The molecule has 0 atom stereocenters. The molecule has 0 aliphatic rings. The van der Waals surface area contributed by atoms with Gasteiger partial charge in [0.2, 0.25) is 10.0 Å². The molecule has 0 radical (unpaired) electrons. The highest BCUT2D eigenvalue weighted by molar-refractivity contribution is 7.92. The Morgan fingerprint density at radius 3 is 2.40 bits per heavy atom. The zero-order chi connectivity index (χ0) is 22.5. The molecule has 0 aromatic heterocycles. The lowest BCUT2D eigenvalue weighted by Crippen LogP contribution is -2.29. The van der Waals surface area contributed by atoms with Gasteiger partial charge >= 0.3 is 5.97 Å². The number of ether oxygens (including phenoxy) is 1. The fourth-order valence-electron chi connectivity index (χ4n) is 2.25. The summed E-state index contributed by atoms with van der Waals surface area (Å²) in [5.41, 5.74) is -0.164. The number of carboxylic acids is 1. The lowest BCUT2D eigenvalue weighted by atomic mass is 10.2. The van der Waals surface area contributed by atoms with Crippen molar-refractivity contribution in [2.45, 2.75) is 13.5 Å². The van der Waals surface area contributed by atoms with Gasteiger partial charge in [-0.1, -0.05) is 35.3 Å². The van der Waals surface area contributed by atoms with Crippen LogP contribution in [0.25, 0.3) is 0 Å². The topological polar surface area (TPSA) is 122 Å². The van der Waals surface area contributed by atoms with E-state index in [2.05, 4.69) is 10.0 Å². The van der Waals surface area contributed by atoms with Crippen molar-refractivity contribution in [1.29, 1.82) is 0 Å². The molecule has 2 rings (SSSR count). The summed E-state index contributed by atoms with van der Waals surface area (Å²) in [4.78, 5) is 22.5. The summed E-state index contributed by atoms with van der Waals surface area (Å²) in [6.45, 7) is 0.518. The highest BCUT2D eigenvalue weighted by Gasteiger charge is 2.17. The minimum atomic E-state index is -3.66. The Kier molecular flexibility index (Phi) is 7.88. The molecule has 1 amide bonds. The third kappa shape index (κ3) is 6.22. The normalized spacial score (nSPS) is 11.1. The van der Waals surface area contributed by atoms with Gasteiger partial charge in [-0.15, -0.1) is 0 Å². The van der Waals surface area contributed by atoms with E-state index in [0.29, 0.717) is 0 Å². The molecule has 12 heteroatoms. The van der Waals surface area contributed by atoms with Gasteiger partial charge in [-0.2, -0.15) is 0 Å². The molecule has 0 spiro atoms. The van der Waals surface area contributed by atoms with Gasteiger partial charge in [0.1, 0.15) is 13.2 Å². The number of hydrogen-bond acceptors (Lipinski definition) is 5. The van der Waals surface area contributed by atoms with E-state index in [1.165, 1.54) is 37.3 Å². The zero-order valence-corrected chi connectivity index (χ0v) is 17.9. The van der Waals surface area contributed by atoms with E-state index >= 15 is 0 Å². The number of aliphatic carboxylic acids is 1. The highest BCUT2D eigenvalue weighted by atomic mass is 35.5. The van der Waals surface area contributed by atoms with E-state index in [4.69, 9.17) is 33.0 Å². The summed E-state index contributed by atoms with van der Waals surface area (Å²) in [5.74, 6) is -2.97. The van der Waals surface area contributed by atoms with Gasteiger partial charge in [-0.3, -0.25) is 14.3 Å². The van der Waals surface area contributed by atoms with Crippen LogP contribution in [0.4, 0.5) is 10.1 Å². The molecule has 8 nitrogen and oxygen atoms in total. The van der Waals surface area contributed by atoms with E-state index in [-0.39, 0.29) is 45.0 Å². The molecular formula is C18H17Cl2FN2O6S. The summed E-state index contributed by atoms with van der Waals surface area (Å²) in [5, 5.41) is 10.7. The van der Waals surface area contributed by atoms with Gasteiger partial charge in [0, 0.05) is 11.1 Å². The van der Waals surface area contributed by atoms with Gasteiger partial charge in [0.15, 0.2) is 11.6 Å². The Bertz CT molecular complexity index is 1060. The molecule has 2 aromatic carbocycles. The molecule has 0 aliphatic carbocycles. The number of anilines is 1. The van der Waals surface area contributed by atoms with Gasteiger partial charge < -0.3 is 15.2 Å². The Morgan fingerprint density at radius 1 is 1.20 bits per heavy atom. The Balaban J connectivity index is 2.18. The van der Waals surface area contributed by atoms with E-state index < -0.39 is 34.3 Å². The predicted octanol–water partition coefficient (Wildman–Crippen LogP) is 3.29. The van der Waals surface area contributed by atoms with Crippen LogP contribution in [0.5, 0.6) is 5.75 Å². The average Bonchev–Trinajstić information content (AvgIpc) is 2.67. The molecule has 2 aromatic rings. The number of benzene rings is 2. The summed E-state index contributed by atoms with van der Waals surface area (Å²) >= 11 is 12.2. The van der Waals surface area contributed by atoms with Crippen molar-refractivity contribution in [2.75, 3.05) is 17.0 Å². The van der Waals surface area contributed by atoms with Gasteiger partial charge in [-0.25, -0.2) is 12.8 Å². The van der Waals surface area contributed by atoms with Crippen LogP contribution in [-0.4, -0.2) is 37.7 Å². The third-order valence-corrected chi connectivity index (χ3v) is 5.61. The molecule has 30 heavy (non-hydrogen) atoms. The summed E-state index contributed by atoms with van der Waals surface area (Å²) in [6.07, 6.45) is 0. The van der Waals surface area contributed by atoms with Crippen molar-refractivity contribution in [1.82, 2.24) is 5.32 Å². The number of carboxylic acid groups (broad SMARTS) is 1. The molecule has 162 valence electrons. The molecule has 0 fully saturated rings. The smallest absolute Gasteiger partial charge is 0.322 e. The summed E-state index contributed by atoms with van der Waals surface area (Å²) < 4.78 is 45.5. The third-order valence-electron chi connectivity index (χ3n) is 3.76. The number of rotatable bonds is 9. The van der Waals surface area contributed by atoms with Crippen LogP contribution in [0.3, 0.4) is 0 Å². The van der Waals surface area contributed by atoms with Crippen molar-refractivity contribution in [3.63, 3.8) is 0 Å². The lowest BCUT2D eigenvalue weighted by molar-refractivity contribution is -0.135. The number of hydrogen-bond donors (Lipinski definition) is 3. The first-order chi connectivity index (χ1) is 14.0. The minimum Gasteiger partial charge on any atom is -0.486 e. The average molecular weight is 479 g/mol. The molecular weight excluding hydrogens is 462 g/mol. The second-order valence-electron chi connectivity index (χ2n) is 5.92. The number of sulfonamides is 1. The van der Waals surface area contributed by atoms with E-state index in [1.54, 1.807) is 0 Å². The SMILES string of the molecule is CCS(=O)(=O)Nc1cccc(COc2c(Cl)cc(C(=O)NCC(=O)O)cc2Cl)c1F. The van der Waals surface area contributed by atoms with Crippen LogP contribution in [0.1, 0.15) is 22.8 Å². The maximum absolute atomic E-state index is 14.6. The van der Waals surface area contributed by atoms with Crippen molar-refractivity contribution < 1.29 is 32.2 Å². The van der Waals surface area contributed by atoms with Crippen molar-refractivity contribution in [3.8, 4) is 5.75 Å². The predicted molar refractivity (Wildman–Crippen MR) is 110 cm³/mol. The number of carbonyl (C=O) groups excluding carboxylic acids is 1. The first-order valence-electron chi connectivity index (χ1n) is 8.43. The Labute approximate surface area is 182 Å². The number of carbonyl (C=O) groups is 2. The van der Waals surface area contributed by atoms with Crippen LogP contribution in [-0.2, 0) is 21.4 Å². The van der Waals surface area contributed by atoms with Crippen molar-refractivity contribution in [2.24, 2.45) is 0 Å². The van der Waals surface area contributed by atoms with E-state index in [0.717, 1.165) is 0 Å². The van der Waals surface area contributed by atoms with Gasteiger partial charge in [-0.05, 0) is 25.1 Å². The van der Waals surface area contributed by atoms with Crippen molar-refractivity contribution >= 4 is 50.8 Å². The summed E-state index contributed by atoms with van der Waals surface area (Å²) in [7, 11) is -3.66. The van der Waals surface area contributed by atoms with E-state index in [9.17, 15) is 22.4 Å². The van der Waals surface area contributed by atoms with Crippen LogP contribution in [0, 0.1) is 5.82 Å². The van der Waals surface area contributed by atoms with Crippen LogP contribution >= 0.6 is 23.2 Å². The molecule has 0 aliphatic heterocycles. The van der Waals surface area contributed by atoms with Gasteiger partial charge in [0.05, 0.1) is 21.5 Å². The monoisotopic (exact) mass is 478 g/mol. The van der Waals surface area contributed by atoms with E-state index in [1.807, 2.05) is 0 Å². The second-order valence-corrected chi connectivity index (χ2v) is 8.74. The molecule has 0 saturated heterocycles. The molecule has 0 heterocycles. The molecule has 3 N–H and O–H groups in total.